The molecule has 0 unspecified atom stereocenters. The number of nitrogens with zero attached hydrogens (tertiary/aromatic N) is 1. The lowest BCUT2D eigenvalue weighted by atomic mass is 10.2. The number of sulfonamides is 1. The first-order valence-electron chi connectivity index (χ1n) is 9.03. The van der Waals surface area contributed by atoms with Crippen LogP contribution in [0.3, 0.4) is 0 Å². The number of halogens is 1. The van der Waals surface area contributed by atoms with E-state index in [0.717, 1.165) is 5.69 Å². The van der Waals surface area contributed by atoms with Gasteiger partial charge >= 0.3 is 0 Å². The number of carbonyl (C=O) groups excluding carboxylic acids is 1. The Kier molecular flexibility index (Phi) is 6.91. The summed E-state index contributed by atoms with van der Waals surface area (Å²) in [5.74, 6) is 0.198. The van der Waals surface area contributed by atoms with Crippen LogP contribution in [0.25, 0.3) is 0 Å². The van der Waals surface area contributed by atoms with E-state index in [-0.39, 0.29) is 15.5 Å². The van der Waals surface area contributed by atoms with E-state index in [9.17, 15) is 13.2 Å². The second-order valence-electron chi connectivity index (χ2n) is 6.31. The number of nitrogens with one attached hydrogen (secondary N) is 2. The van der Waals surface area contributed by atoms with Gasteiger partial charge in [-0.25, -0.2) is 8.42 Å². The number of ether oxygens (including phenoxy) is 1. The number of anilines is 1. The lowest BCUT2D eigenvalue weighted by molar-refractivity contribution is 0.0954. The Bertz CT molecular complexity index is 1120. The lowest BCUT2D eigenvalue weighted by Crippen LogP contribution is -2.26. The molecule has 9 heteroatoms. The molecule has 2 N–H and O–H groups in total. The van der Waals surface area contributed by atoms with Crippen LogP contribution in [0.4, 0.5) is 5.69 Å². The molecule has 0 fully saturated rings. The van der Waals surface area contributed by atoms with Crippen molar-refractivity contribution in [2.24, 2.45) is 0 Å². The number of aromatic nitrogens is 1. The van der Waals surface area contributed by atoms with Gasteiger partial charge in [0.15, 0.2) is 0 Å². The summed E-state index contributed by atoms with van der Waals surface area (Å²) in [4.78, 5) is 16.5. The zero-order valence-electron chi connectivity index (χ0n) is 16.1. The molecule has 0 bridgehead atoms. The van der Waals surface area contributed by atoms with Crippen molar-refractivity contribution in [1.82, 2.24) is 10.3 Å². The van der Waals surface area contributed by atoms with Crippen LogP contribution in [-0.4, -0.2) is 33.0 Å². The zero-order chi connectivity index (χ0) is 21.6. The van der Waals surface area contributed by atoms with Crippen molar-refractivity contribution in [2.45, 2.75) is 11.3 Å². The Balaban J connectivity index is 1.72. The Morgan fingerprint density at radius 2 is 1.87 bits per heavy atom. The van der Waals surface area contributed by atoms with Crippen molar-refractivity contribution in [3.05, 3.63) is 83.1 Å². The van der Waals surface area contributed by atoms with Gasteiger partial charge in [-0.15, -0.1) is 0 Å². The Morgan fingerprint density at radius 1 is 1.10 bits per heavy atom. The maximum Gasteiger partial charge on any atom is 0.263 e. The predicted molar refractivity (Wildman–Crippen MR) is 116 cm³/mol. The van der Waals surface area contributed by atoms with Gasteiger partial charge in [-0.05, 0) is 54.6 Å². The number of hydrogen-bond acceptors (Lipinski definition) is 5. The SMILES string of the molecule is COc1ccc(NS(=O)(=O)c2cc(C(=O)NCCc3ccccn3)ccc2Cl)cc1. The number of hydrogen-bond donors (Lipinski definition) is 2. The van der Waals surface area contributed by atoms with Crippen LogP contribution in [0.1, 0.15) is 16.1 Å². The molecule has 0 saturated carbocycles. The van der Waals surface area contributed by atoms with Gasteiger partial charge in [0.05, 0.1) is 12.1 Å². The molecule has 2 aromatic carbocycles. The fourth-order valence-corrected chi connectivity index (χ4v) is 4.26. The Morgan fingerprint density at radius 3 is 2.53 bits per heavy atom. The number of benzene rings is 2. The highest BCUT2D eigenvalue weighted by atomic mass is 35.5. The molecule has 3 aromatic rings. The molecule has 0 saturated heterocycles. The van der Waals surface area contributed by atoms with Gasteiger partial charge in [0.25, 0.3) is 15.9 Å². The van der Waals surface area contributed by atoms with E-state index in [1.807, 2.05) is 18.2 Å². The van der Waals surface area contributed by atoms with Crippen LogP contribution in [0.15, 0.2) is 71.8 Å². The molecular formula is C21H20ClN3O4S. The summed E-state index contributed by atoms with van der Waals surface area (Å²) in [5, 5.41) is 2.77. The van der Waals surface area contributed by atoms with Gasteiger partial charge in [0, 0.05) is 36.1 Å². The molecule has 0 aliphatic rings. The maximum atomic E-state index is 12.8. The van der Waals surface area contributed by atoms with Crippen LogP contribution in [0, 0.1) is 0 Å². The van der Waals surface area contributed by atoms with Crippen LogP contribution in [-0.2, 0) is 16.4 Å². The van der Waals surface area contributed by atoms with Crippen LogP contribution < -0.4 is 14.8 Å². The summed E-state index contributed by atoms with van der Waals surface area (Å²) in [7, 11) is -2.48. The number of pyridine rings is 1. The Labute approximate surface area is 180 Å². The molecule has 0 radical (unpaired) electrons. The highest BCUT2D eigenvalue weighted by Gasteiger charge is 2.20. The number of carbonyl (C=O) groups is 1. The topological polar surface area (TPSA) is 97.4 Å². The summed E-state index contributed by atoms with van der Waals surface area (Å²) in [6.07, 6.45) is 2.24. The van der Waals surface area contributed by atoms with Gasteiger partial charge in [-0.2, -0.15) is 0 Å². The minimum atomic E-state index is -4.00. The maximum absolute atomic E-state index is 12.8. The third-order valence-electron chi connectivity index (χ3n) is 4.22. The number of rotatable bonds is 8. The van der Waals surface area contributed by atoms with Gasteiger partial charge in [-0.3, -0.25) is 14.5 Å². The average Bonchev–Trinajstić information content (AvgIpc) is 2.75. The zero-order valence-corrected chi connectivity index (χ0v) is 17.7. The fraction of sp³-hybridized carbons (Fsp3) is 0.143. The van der Waals surface area contributed by atoms with E-state index in [2.05, 4.69) is 15.0 Å². The van der Waals surface area contributed by atoms with Crippen molar-refractivity contribution in [1.29, 1.82) is 0 Å². The third-order valence-corrected chi connectivity index (χ3v) is 6.08. The minimum absolute atomic E-state index is 0.0149. The Hall–Kier alpha value is -3.10. The van der Waals surface area contributed by atoms with Crippen molar-refractivity contribution in [2.75, 3.05) is 18.4 Å². The quantitative estimate of drug-likeness (QED) is 0.553. The van der Waals surface area contributed by atoms with Crippen LogP contribution in [0.5, 0.6) is 5.75 Å². The molecule has 156 valence electrons. The molecule has 0 aliphatic carbocycles. The summed E-state index contributed by atoms with van der Waals surface area (Å²) in [5.41, 5.74) is 1.38. The number of amides is 1. The summed E-state index contributed by atoms with van der Waals surface area (Å²) < 4.78 is 33.1. The normalized spacial score (nSPS) is 11.0. The molecule has 1 amide bonds. The van der Waals surface area contributed by atoms with E-state index in [4.69, 9.17) is 16.3 Å². The minimum Gasteiger partial charge on any atom is -0.497 e. The molecule has 1 aromatic heterocycles. The van der Waals surface area contributed by atoms with Gasteiger partial charge < -0.3 is 10.1 Å². The summed E-state index contributed by atoms with van der Waals surface area (Å²) >= 11 is 6.10. The first kappa shape index (κ1) is 21.6. The standard InChI is InChI=1S/C21H20ClN3O4S/c1-29-18-8-6-17(7-9-18)25-30(27,28)20-14-15(5-10-19(20)22)21(26)24-13-11-16-4-2-3-12-23-16/h2-10,12,14,25H,11,13H2,1H3,(H,24,26). The predicted octanol–water partition coefficient (Wildman–Crippen LogP) is 3.52. The monoisotopic (exact) mass is 445 g/mol. The van der Waals surface area contributed by atoms with Gasteiger partial charge in [0.1, 0.15) is 10.6 Å². The second kappa shape index (κ2) is 9.60. The smallest absolute Gasteiger partial charge is 0.263 e. The summed E-state index contributed by atoms with van der Waals surface area (Å²) in [6.45, 7) is 0.366. The van der Waals surface area contributed by atoms with E-state index in [1.165, 1.54) is 25.3 Å². The van der Waals surface area contributed by atoms with Crippen molar-refractivity contribution < 1.29 is 17.9 Å². The molecule has 1 heterocycles. The van der Waals surface area contributed by atoms with Crippen LogP contribution >= 0.6 is 11.6 Å². The van der Waals surface area contributed by atoms with Crippen LogP contribution in [0.2, 0.25) is 5.02 Å². The van der Waals surface area contributed by atoms with E-state index in [1.54, 1.807) is 30.5 Å². The molecule has 7 nitrogen and oxygen atoms in total. The van der Waals surface area contributed by atoms with Crippen molar-refractivity contribution >= 4 is 33.2 Å². The second-order valence-corrected chi connectivity index (χ2v) is 8.36. The lowest BCUT2D eigenvalue weighted by Gasteiger charge is -2.12. The van der Waals surface area contributed by atoms with Gasteiger partial charge in [0.2, 0.25) is 0 Å². The number of methoxy groups -OCH3 is 1. The fourth-order valence-electron chi connectivity index (χ4n) is 2.67. The van der Waals surface area contributed by atoms with E-state index < -0.39 is 15.9 Å². The highest BCUT2D eigenvalue weighted by Crippen LogP contribution is 2.26. The van der Waals surface area contributed by atoms with E-state index >= 15 is 0 Å². The van der Waals surface area contributed by atoms with Gasteiger partial charge in [-0.1, -0.05) is 17.7 Å². The molecular weight excluding hydrogens is 426 g/mol. The first-order valence-corrected chi connectivity index (χ1v) is 10.9. The first-order chi connectivity index (χ1) is 14.4. The molecule has 0 spiro atoms. The average molecular weight is 446 g/mol. The van der Waals surface area contributed by atoms with Crippen molar-refractivity contribution in [3.63, 3.8) is 0 Å². The molecule has 0 aliphatic heterocycles. The van der Waals surface area contributed by atoms with E-state index in [0.29, 0.717) is 24.4 Å². The summed E-state index contributed by atoms with van der Waals surface area (Å²) in [6, 6.07) is 16.1. The third kappa shape index (κ3) is 5.49. The highest BCUT2D eigenvalue weighted by molar-refractivity contribution is 7.92. The largest absolute Gasteiger partial charge is 0.497 e. The van der Waals surface area contributed by atoms with Crippen molar-refractivity contribution in [3.8, 4) is 5.75 Å². The molecule has 0 atom stereocenters. The molecule has 3 rings (SSSR count). The molecule has 30 heavy (non-hydrogen) atoms.